The van der Waals surface area contributed by atoms with Gasteiger partial charge < -0.3 is 21.5 Å². The molecule has 0 heterocycles. The molecule has 2 amide bonds. The number of aliphatic carboxylic acids is 1. The van der Waals surface area contributed by atoms with Crippen molar-refractivity contribution < 1.29 is 19.5 Å². The van der Waals surface area contributed by atoms with Crippen molar-refractivity contribution >= 4 is 29.4 Å². The van der Waals surface area contributed by atoms with Crippen molar-refractivity contribution in [2.45, 2.75) is 45.2 Å². The fraction of sp³-hybridized carbons (Fsp3) is 0.500. The molecule has 1 unspecified atom stereocenters. The van der Waals surface area contributed by atoms with Gasteiger partial charge in [0, 0.05) is 23.9 Å². The molecule has 5 N–H and O–H groups in total. The highest BCUT2D eigenvalue weighted by Gasteiger charge is 2.22. The third-order valence-corrected chi connectivity index (χ3v) is 4.32. The minimum absolute atomic E-state index is 0.0105. The van der Waals surface area contributed by atoms with E-state index in [0.29, 0.717) is 5.02 Å². The summed E-state index contributed by atoms with van der Waals surface area (Å²) in [6.45, 7) is 5.29. The van der Waals surface area contributed by atoms with E-state index >= 15 is 0 Å². The lowest BCUT2D eigenvalue weighted by atomic mass is 9.94. The van der Waals surface area contributed by atoms with Crippen LogP contribution in [0, 0.1) is 5.92 Å². The van der Waals surface area contributed by atoms with Gasteiger partial charge >= 0.3 is 5.97 Å². The average molecular weight is 384 g/mol. The normalized spacial score (nSPS) is 14.4. The zero-order valence-electron chi connectivity index (χ0n) is 15.2. The third kappa shape index (κ3) is 7.01. The van der Waals surface area contributed by atoms with E-state index < -0.39 is 24.0 Å². The molecule has 0 aromatic heterocycles. The summed E-state index contributed by atoms with van der Waals surface area (Å²) >= 11 is 5.90. The number of nitrogens with one attached hydrogen (secondary N) is 2. The monoisotopic (exact) mass is 383 g/mol. The Hall–Kier alpha value is -2.12. The predicted octanol–water partition coefficient (Wildman–Crippen LogP) is 1.50. The van der Waals surface area contributed by atoms with E-state index in [1.807, 2.05) is 13.8 Å². The van der Waals surface area contributed by atoms with Gasteiger partial charge in [-0.25, -0.2) is 0 Å². The molecule has 0 radical (unpaired) electrons. The van der Waals surface area contributed by atoms with Crippen molar-refractivity contribution in [2.24, 2.45) is 11.7 Å². The number of benzene rings is 1. The summed E-state index contributed by atoms with van der Waals surface area (Å²) in [5.41, 5.74) is 6.64. The van der Waals surface area contributed by atoms with Gasteiger partial charge in [-0.3, -0.25) is 14.4 Å². The molecule has 0 aliphatic heterocycles. The molecule has 1 aromatic carbocycles. The van der Waals surface area contributed by atoms with Crippen LogP contribution < -0.4 is 16.4 Å². The summed E-state index contributed by atoms with van der Waals surface area (Å²) < 4.78 is 0. The van der Waals surface area contributed by atoms with Crippen LogP contribution in [-0.2, 0) is 14.4 Å². The number of nitrogens with two attached hydrogens (primary N) is 1. The van der Waals surface area contributed by atoms with Crippen molar-refractivity contribution in [1.82, 2.24) is 10.6 Å². The number of carbonyl (C=O) groups excluding carboxylic acids is 2. The van der Waals surface area contributed by atoms with Crippen LogP contribution in [0.2, 0.25) is 5.02 Å². The van der Waals surface area contributed by atoms with Crippen LogP contribution >= 0.6 is 11.6 Å². The zero-order valence-corrected chi connectivity index (χ0v) is 15.9. The van der Waals surface area contributed by atoms with Crippen LogP contribution in [-0.4, -0.2) is 41.5 Å². The first-order chi connectivity index (χ1) is 12.1. The van der Waals surface area contributed by atoms with Crippen molar-refractivity contribution in [3.05, 3.63) is 34.9 Å². The molecule has 1 aromatic rings. The summed E-state index contributed by atoms with van der Waals surface area (Å²) in [7, 11) is 0. The number of carbonyl (C=O) groups is 3. The van der Waals surface area contributed by atoms with Crippen LogP contribution in [0.3, 0.4) is 0 Å². The van der Waals surface area contributed by atoms with Crippen molar-refractivity contribution in [1.29, 1.82) is 0 Å². The van der Waals surface area contributed by atoms with E-state index in [4.69, 9.17) is 22.4 Å². The van der Waals surface area contributed by atoms with E-state index in [1.165, 1.54) is 6.92 Å². The minimum atomic E-state index is -1.11. The molecule has 0 fully saturated rings. The predicted molar refractivity (Wildman–Crippen MR) is 99.9 cm³/mol. The molecule has 0 spiro atoms. The van der Waals surface area contributed by atoms with Crippen LogP contribution in [0.15, 0.2) is 24.3 Å². The second-order valence-corrected chi connectivity index (χ2v) is 7.03. The standard InChI is InChI=1S/C18H26ClN3O4/c1-10(2)16(20)17(24)21-9-13(12-4-6-14(19)7-5-12)8-15(23)22-11(3)18(25)26/h4-7,10-11,13,16H,8-9,20H2,1-3H3,(H,21,24)(H,22,23)(H,25,26)/t11-,13?,16+/m0/s1. The van der Waals surface area contributed by atoms with Gasteiger partial charge in [0.15, 0.2) is 0 Å². The molecule has 0 saturated heterocycles. The fourth-order valence-electron chi connectivity index (χ4n) is 2.27. The first kappa shape index (κ1) is 21.9. The molecular weight excluding hydrogens is 358 g/mol. The largest absolute Gasteiger partial charge is 0.480 e. The Labute approximate surface area is 158 Å². The maximum Gasteiger partial charge on any atom is 0.325 e. The highest BCUT2D eigenvalue weighted by molar-refractivity contribution is 6.30. The Balaban J connectivity index is 2.82. The summed E-state index contributed by atoms with van der Waals surface area (Å²) in [6.07, 6.45) is 0.0243. The smallest absolute Gasteiger partial charge is 0.325 e. The highest BCUT2D eigenvalue weighted by Crippen LogP contribution is 2.21. The van der Waals surface area contributed by atoms with E-state index in [9.17, 15) is 14.4 Å². The summed E-state index contributed by atoms with van der Waals surface area (Å²) in [5.74, 6) is -2.17. The molecule has 0 aliphatic rings. The lowest BCUT2D eigenvalue weighted by Crippen LogP contribution is -2.45. The Morgan fingerprint density at radius 1 is 1.15 bits per heavy atom. The lowest BCUT2D eigenvalue weighted by Gasteiger charge is -2.21. The van der Waals surface area contributed by atoms with Gasteiger partial charge in [-0.15, -0.1) is 0 Å². The second kappa shape index (κ2) is 10.1. The number of amides is 2. The molecule has 3 atom stereocenters. The van der Waals surface area contributed by atoms with Crippen LogP contribution in [0.5, 0.6) is 0 Å². The SMILES string of the molecule is CC(C)[C@@H](N)C(=O)NCC(CC(=O)N[C@@H](C)C(=O)O)c1ccc(Cl)cc1. The Kier molecular flexibility index (Phi) is 8.54. The van der Waals surface area contributed by atoms with Gasteiger partial charge in [0.2, 0.25) is 11.8 Å². The molecular formula is C18H26ClN3O4. The highest BCUT2D eigenvalue weighted by atomic mass is 35.5. The van der Waals surface area contributed by atoms with Gasteiger partial charge in [0.05, 0.1) is 6.04 Å². The molecule has 0 bridgehead atoms. The van der Waals surface area contributed by atoms with E-state index in [2.05, 4.69) is 10.6 Å². The van der Waals surface area contributed by atoms with Gasteiger partial charge in [-0.1, -0.05) is 37.6 Å². The summed E-state index contributed by atoms with van der Waals surface area (Å²) in [6, 6.07) is 5.32. The van der Waals surface area contributed by atoms with Crippen LogP contribution in [0.1, 0.15) is 38.7 Å². The fourth-order valence-corrected chi connectivity index (χ4v) is 2.40. The van der Waals surface area contributed by atoms with Crippen molar-refractivity contribution in [2.75, 3.05) is 6.54 Å². The minimum Gasteiger partial charge on any atom is -0.480 e. The first-order valence-corrected chi connectivity index (χ1v) is 8.80. The van der Waals surface area contributed by atoms with Gasteiger partial charge in [-0.05, 0) is 30.5 Å². The molecule has 0 saturated carbocycles. The van der Waals surface area contributed by atoms with E-state index in [1.54, 1.807) is 24.3 Å². The van der Waals surface area contributed by atoms with E-state index in [0.717, 1.165) is 5.56 Å². The average Bonchev–Trinajstić information content (AvgIpc) is 2.58. The van der Waals surface area contributed by atoms with Gasteiger partial charge in [0.25, 0.3) is 0 Å². The molecule has 7 nitrogen and oxygen atoms in total. The first-order valence-electron chi connectivity index (χ1n) is 8.42. The number of halogens is 1. The van der Waals surface area contributed by atoms with Crippen molar-refractivity contribution in [3.8, 4) is 0 Å². The maximum absolute atomic E-state index is 12.2. The number of carboxylic acid groups (broad SMARTS) is 1. The number of carboxylic acids is 1. The Morgan fingerprint density at radius 3 is 2.23 bits per heavy atom. The third-order valence-electron chi connectivity index (χ3n) is 4.06. The maximum atomic E-state index is 12.2. The number of rotatable bonds is 9. The van der Waals surface area contributed by atoms with Crippen LogP contribution in [0.4, 0.5) is 0 Å². The summed E-state index contributed by atoms with van der Waals surface area (Å²) in [4.78, 5) is 35.1. The molecule has 26 heavy (non-hydrogen) atoms. The lowest BCUT2D eigenvalue weighted by molar-refractivity contribution is -0.141. The Morgan fingerprint density at radius 2 is 1.73 bits per heavy atom. The molecule has 144 valence electrons. The topological polar surface area (TPSA) is 122 Å². The van der Waals surface area contributed by atoms with Crippen LogP contribution in [0.25, 0.3) is 0 Å². The van der Waals surface area contributed by atoms with Gasteiger partial charge in [0.1, 0.15) is 6.04 Å². The summed E-state index contributed by atoms with van der Waals surface area (Å²) in [5, 5.41) is 14.6. The van der Waals surface area contributed by atoms with Crippen molar-refractivity contribution in [3.63, 3.8) is 0 Å². The van der Waals surface area contributed by atoms with Gasteiger partial charge in [-0.2, -0.15) is 0 Å². The number of hydrogen-bond donors (Lipinski definition) is 4. The quantitative estimate of drug-likeness (QED) is 0.515. The van der Waals surface area contributed by atoms with E-state index in [-0.39, 0.29) is 30.7 Å². The second-order valence-electron chi connectivity index (χ2n) is 6.59. The number of hydrogen-bond acceptors (Lipinski definition) is 4. The molecule has 0 aliphatic carbocycles. The molecule has 8 heteroatoms. The molecule has 1 rings (SSSR count). The Bertz CT molecular complexity index is 634. The zero-order chi connectivity index (χ0) is 19.9.